The second kappa shape index (κ2) is 10.9. The van der Waals surface area contributed by atoms with E-state index in [-0.39, 0.29) is 18.4 Å². The number of pyridine rings is 1. The van der Waals surface area contributed by atoms with Crippen LogP contribution in [0.4, 0.5) is 0 Å². The number of fused-ring (bicyclic) bond motifs is 5. The summed E-state index contributed by atoms with van der Waals surface area (Å²) in [5.41, 5.74) is 14.9. The topological polar surface area (TPSA) is 56.7 Å². The first kappa shape index (κ1) is 24.8. The van der Waals surface area contributed by atoms with E-state index in [9.17, 15) is 4.79 Å². The fourth-order valence-corrected chi connectivity index (χ4v) is 5.19. The van der Waals surface area contributed by atoms with Gasteiger partial charge in [0.05, 0.1) is 12.7 Å². The van der Waals surface area contributed by atoms with E-state index in [0.717, 1.165) is 11.9 Å². The minimum atomic E-state index is -0.302. The Morgan fingerprint density at radius 1 is 1.03 bits per heavy atom. The minimum Gasteiger partial charge on any atom is -0.465 e. The molecule has 0 bridgehead atoms. The summed E-state index contributed by atoms with van der Waals surface area (Å²) in [5, 5.41) is 2.83. The summed E-state index contributed by atoms with van der Waals surface area (Å²) in [5.74, 6) is -0.302. The van der Waals surface area contributed by atoms with Gasteiger partial charge in [-0.3, -0.25) is 0 Å². The molecule has 2 aromatic heterocycles. The average molecular weight is 487 g/mol. The number of carbonyl (C=O) groups is 1. The second-order valence-corrected chi connectivity index (χ2v) is 8.85. The van der Waals surface area contributed by atoms with Gasteiger partial charge >= 0.3 is 5.97 Å². The number of hydrogen-bond acceptors (Lipinski definition) is 3. The number of benzene rings is 2. The molecule has 0 radical (unpaired) electrons. The van der Waals surface area contributed by atoms with Crippen molar-refractivity contribution in [1.82, 2.24) is 4.40 Å². The first-order chi connectivity index (χ1) is 16.7. The number of carbonyl (C=O) groups excluding carboxylic acids is 1. The van der Waals surface area contributed by atoms with Gasteiger partial charge in [0.1, 0.15) is 0 Å². The third kappa shape index (κ3) is 4.90. The highest BCUT2D eigenvalue weighted by atomic mass is 35.5. The Balaban J connectivity index is 0.000000179. The lowest BCUT2D eigenvalue weighted by molar-refractivity contribution is 0.0601. The van der Waals surface area contributed by atoms with Crippen LogP contribution in [0.1, 0.15) is 46.3 Å². The monoisotopic (exact) mass is 486 g/mol. The summed E-state index contributed by atoms with van der Waals surface area (Å²) >= 11 is 0. The molecule has 0 spiro atoms. The Morgan fingerprint density at radius 2 is 1.91 bits per heavy atom. The number of halogens is 1. The highest BCUT2D eigenvalue weighted by Gasteiger charge is 2.20. The molecule has 2 aromatic carbocycles. The van der Waals surface area contributed by atoms with Gasteiger partial charge in [-0.1, -0.05) is 54.1 Å². The maximum Gasteiger partial charge on any atom is 0.339 e. The molecule has 4 nitrogen and oxygen atoms in total. The molecular weight excluding hydrogens is 456 g/mol. The molecule has 2 aliphatic rings. The highest BCUT2D eigenvalue weighted by molar-refractivity contribution is 5.95. The van der Waals surface area contributed by atoms with Crippen molar-refractivity contribution in [3.63, 3.8) is 0 Å². The van der Waals surface area contributed by atoms with Crippen LogP contribution in [0.2, 0.25) is 0 Å². The quantitative estimate of drug-likeness (QED) is 0.334. The molecule has 6 rings (SSSR count). The molecular formula is C30H31ClN2O2. The molecule has 0 fully saturated rings. The maximum atomic E-state index is 11.1. The van der Waals surface area contributed by atoms with Gasteiger partial charge in [0.2, 0.25) is 0 Å². The summed E-state index contributed by atoms with van der Waals surface area (Å²) in [6.07, 6.45) is 14.1. The summed E-state index contributed by atoms with van der Waals surface area (Å²) in [4.78, 5) is 11.1. The molecule has 0 saturated heterocycles. The lowest BCUT2D eigenvalue weighted by Gasteiger charge is -2.25. The fourth-order valence-electron chi connectivity index (χ4n) is 5.19. The first-order valence-electron chi connectivity index (χ1n) is 12.0. The second-order valence-electron chi connectivity index (χ2n) is 8.85. The normalized spacial score (nSPS) is 14.0. The number of hydrogen-bond donors (Lipinski definition) is 1. The Kier molecular flexibility index (Phi) is 7.74. The van der Waals surface area contributed by atoms with Gasteiger partial charge in [0.15, 0.2) is 0 Å². The number of methoxy groups -OCH3 is 1. The third-order valence-electron chi connectivity index (χ3n) is 6.85. The summed E-state index contributed by atoms with van der Waals surface area (Å²) in [7, 11) is 1.38. The smallest absolute Gasteiger partial charge is 0.339 e. The fraction of sp³-hybridized carbons (Fsp3) is 0.233. The van der Waals surface area contributed by atoms with Gasteiger partial charge in [-0.2, -0.15) is 0 Å². The molecule has 0 aliphatic heterocycles. The maximum absolute atomic E-state index is 11.1. The molecule has 0 saturated carbocycles. The first-order valence-corrected chi connectivity index (χ1v) is 12.0. The van der Waals surface area contributed by atoms with Crippen molar-refractivity contribution in [2.75, 3.05) is 13.7 Å². The van der Waals surface area contributed by atoms with Crippen molar-refractivity contribution in [1.29, 1.82) is 0 Å². The Labute approximate surface area is 212 Å². The van der Waals surface area contributed by atoms with Crippen LogP contribution in [0, 0.1) is 0 Å². The predicted octanol–water partition coefficient (Wildman–Crippen LogP) is 6.54. The van der Waals surface area contributed by atoms with Crippen LogP contribution < -0.4 is 5.73 Å². The Bertz CT molecular complexity index is 1400. The van der Waals surface area contributed by atoms with Crippen molar-refractivity contribution >= 4 is 40.2 Å². The number of nitrogens with zero attached hydrogens (tertiary/aromatic N) is 1. The van der Waals surface area contributed by atoms with Crippen LogP contribution in [-0.2, 0) is 17.6 Å². The zero-order valence-corrected chi connectivity index (χ0v) is 20.8. The number of rotatable bonds is 3. The van der Waals surface area contributed by atoms with E-state index in [4.69, 9.17) is 5.73 Å². The number of aromatic nitrogens is 1. The molecule has 0 amide bonds. The van der Waals surface area contributed by atoms with E-state index in [1.54, 1.807) is 17.8 Å². The van der Waals surface area contributed by atoms with E-state index in [2.05, 4.69) is 47.2 Å². The molecule has 2 N–H and O–H groups in total. The van der Waals surface area contributed by atoms with E-state index < -0.39 is 0 Å². The highest BCUT2D eigenvalue weighted by Crippen LogP contribution is 2.40. The summed E-state index contributed by atoms with van der Waals surface area (Å²) < 4.78 is 6.49. The zero-order chi connectivity index (χ0) is 23.5. The summed E-state index contributed by atoms with van der Waals surface area (Å²) in [6, 6.07) is 18.9. The Hall–Kier alpha value is -3.34. The SMILES string of the molecule is COC(=O)c1cc2ccccn2c1.Cl.NCCc1cccc2c3c(ccc12)C1=C(CCC=C1)CC3. The number of allylic oxidation sites excluding steroid dienone is 4. The largest absolute Gasteiger partial charge is 0.465 e. The van der Waals surface area contributed by atoms with E-state index >= 15 is 0 Å². The van der Waals surface area contributed by atoms with Crippen LogP contribution in [0.5, 0.6) is 0 Å². The van der Waals surface area contributed by atoms with E-state index in [1.165, 1.54) is 65.8 Å². The van der Waals surface area contributed by atoms with Crippen LogP contribution in [0.25, 0.3) is 21.9 Å². The number of aryl methyl sites for hydroxylation is 1. The predicted molar refractivity (Wildman–Crippen MR) is 146 cm³/mol. The van der Waals surface area contributed by atoms with E-state index in [0.29, 0.717) is 12.1 Å². The molecule has 4 aromatic rings. The number of ether oxygens (including phenoxy) is 1. The van der Waals surface area contributed by atoms with Crippen molar-refractivity contribution in [3.8, 4) is 0 Å². The van der Waals surface area contributed by atoms with Gasteiger partial charge in [-0.15, -0.1) is 12.4 Å². The van der Waals surface area contributed by atoms with Gasteiger partial charge < -0.3 is 14.9 Å². The Morgan fingerprint density at radius 3 is 2.71 bits per heavy atom. The molecule has 2 heterocycles. The molecule has 2 aliphatic carbocycles. The van der Waals surface area contributed by atoms with Crippen LogP contribution in [0.3, 0.4) is 0 Å². The lowest BCUT2D eigenvalue weighted by atomic mass is 9.79. The van der Waals surface area contributed by atoms with Crippen LogP contribution in [0.15, 0.2) is 84.7 Å². The van der Waals surface area contributed by atoms with Gasteiger partial charge in [0, 0.05) is 17.9 Å². The third-order valence-corrected chi connectivity index (χ3v) is 6.85. The molecule has 0 unspecified atom stereocenters. The number of nitrogens with two attached hydrogens (primary N) is 1. The minimum absolute atomic E-state index is 0. The van der Waals surface area contributed by atoms with E-state index in [1.807, 2.05) is 28.8 Å². The van der Waals surface area contributed by atoms with Crippen molar-refractivity contribution in [2.45, 2.75) is 32.1 Å². The number of esters is 1. The standard InChI is InChI=1S/C20H21N.C10H9NO2.ClH/c21-13-12-15-5-3-7-18-17(15)10-11-19-16-6-2-1-4-14(16)8-9-20(18)19;1-13-10(12)8-6-9-4-2-3-5-11(9)7-8;/h2-3,5-7,10-11H,1,4,8-9,12-13,21H2;2-7H,1H3;1H. The van der Waals surface area contributed by atoms with Gasteiger partial charge in [-0.25, -0.2) is 4.79 Å². The molecule has 35 heavy (non-hydrogen) atoms. The van der Waals surface area contributed by atoms with Crippen LogP contribution in [-0.4, -0.2) is 24.0 Å². The summed E-state index contributed by atoms with van der Waals surface area (Å²) in [6.45, 7) is 0.717. The molecule has 180 valence electrons. The van der Waals surface area contributed by atoms with Crippen molar-refractivity contribution in [2.24, 2.45) is 5.73 Å². The van der Waals surface area contributed by atoms with Gasteiger partial charge in [-0.05, 0) is 89.9 Å². The van der Waals surface area contributed by atoms with Crippen LogP contribution >= 0.6 is 12.4 Å². The zero-order valence-electron chi connectivity index (χ0n) is 20.0. The van der Waals surface area contributed by atoms with Gasteiger partial charge in [0.25, 0.3) is 0 Å². The molecule has 5 heteroatoms. The van der Waals surface area contributed by atoms with Crippen molar-refractivity contribution in [3.05, 3.63) is 107 Å². The average Bonchev–Trinajstić information content (AvgIpc) is 3.33. The lowest BCUT2D eigenvalue weighted by Crippen LogP contribution is -2.08. The van der Waals surface area contributed by atoms with Crippen molar-refractivity contribution < 1.29 is 9.53 Å². The molecule has 0 atom stereocenters.